The Morgan fingerprint density at radius 3 is 3.00 bits per heavy atom. The first kappa shape index (κ1) is 18.1. The standard InChI is InChI=1S/C18H16N4O2S3/c1-11-8-16(24)22-12(9-25-17(22)20-11)6-7-19-15(23)10-26-18-21-13-4-2-3-5-14(13)27-18/h2-5,8-9H,6-7,10H2,1H3,(H,19,23). The average molecular weight is 417 g/mol. The van der Waals surface area contributed by atoms with Gasteiger partial charge in [-0.15, -0.1) is 22.7 Å². The van der Waals surface area contributed by atoms with Gasteiger partial charge in [0.25, 0.3) is 5.56 Å². The minimum Gasteiger partial charge on any atom is -0.355 e. The predicted molar refractivity (Wildman–Crippen MR) is 111 cm³/mol. The van der Waals surface area contributed by atoms with Crippen molar-refractivity contribution in [1.29, 1.82) is 0 Å². The van der Waals surface area contributed by atoms with Crippen molar-refractivity contribution < 1.29 is 4.79 Å². The lowest BCUT2D eigenvalue weighted by atomic mass is 10.3. The monoisotopic (exact) mass is 416 g/mol. The van der Waals surface area contributed by atoms with Gasteiger partial charge in [0.15, 0.2) is 9.30 Å². The molecule has 0 saturated carbocycles. The van der Waals surface area contributed by atoms with Crippen LogP contribution in [-0.4, -0.2) is 32.6 Å². The van der Waals surface area contributed by atoms with Crippen molar-refractivity contribution in [2.24, 2.45) is 0 Å². The molecule has 9 heteroatoms. The Bertz CT molecular complexity index is 1150. The molecule has 0 fully saturated rings. The number of thioether (sulfide) groups is 1. The number of benzene rings is 1. The Kier molecular flexibility index (Phi) is 5.24. The summed E-state index contributed by atoms with van der Waals surface area (Å²) in [6.07, 6.45) is 0.586. The van der Waals surface area contributed by atoms with Gasteiger partial charge in [0.05, 0.1) is 16.0 Å². The van der Waals surface area contributed by atoms with E-state index in [-0.39, 0.29) is 11.5 Å². The van der Waals surface area contributed by atoms with E-state index in [2.05, 4.69) is 15.3 Å². The Labute approximate surface area is 167 Å². The third-order valence-electron chi connectivity index (χ3n) is 3.91. The van der Waals surface area contributed by atoms with Crippen LogP contribution in [0, 0.1) is 6.92 Å². The summed E-state index contributed by atoms with van der Waals surface area (Å²) in [6, 6.07) is 9.47. The average Bonchev–Trinajstić information content (AvgIpc) is 3.23. The normalized spacial score (nSPS) is 11.3. The Morgan fingerprint density at radius 2 is 2.15 bits per heavy atom. The first-order chi connectivity index (χ1) is 13.1. The highest BCUT2D eigenvalue weighted by Gasteiger charge is 2.10. The van der Waals surface area contributed by atoms with Crippen molar-refractivity contribution >= 4 is 55.5 Å². The van der Waals surface area contributed by atoms with E-state index in [0.29, 0.717) is 29.4 Å². The molecule has 0 unspecified atom stereocenters. The fraction of sp³-hybridized carbons (Fsp3) is 0.222. The van der Waals surface area contributed by atoms with Crippen LogP contribution >= 0.6 is 34.4 Å². The highest BCUT2D eigenvalue weighted by Crippen LogP contribution is 2.29. The van der Waals surface area contributed by atoms with E-state index in [1.54, 1.807) is 15.7 Å². The summed E-state index contributed by atoms with van der Waals surface area (Å²) in [4.78, 5) is 33.8. The molecule has 3 aromatic heterocycles. The molecule has 1 aromatic carbocycles. The third-order valence-corrected chi connectivity index (χ3v) is 6.96. The summed E-state index contributed by atoms with van der Waals surface area (Å²) in [5, 5.41) is 4.83. The van der Waals surface area contributed by atoms with E-state index < -0.39 is 0 Å². The summed E-state index contributed by atoms with van der Waals surface area (Å²) in [7, 11) is 0. The number of thiazole rings is 2. The van der Waals surface area contributed by atoms with Crippen molar-refractivity contribution in [2.45, 2.75) is 17.7 Å². The molecule has 0 bridgehead atoms. The molecule has 0 aliphatic heterocycles. The SMILES string of the molecule is Cc1cc(=O)n2c(CCNC(=O)CSc3nc4ccccc4s3)csc2n1. The maximum Gasteiger partial charge on any atom is 0.258 e. The van der Waals surface area contributed by atoms with Gasteiger partial charge < -0.3 is 5.32 Å². The number of para-hydroxylation sites is 1. The van der Waals surface area contributed by atoms with Gasteiger partial charge in [-0.25, -0.2) is 9.97 Å². The highest BCUT2D eigenvalue weighted by atomic mass is 32.2. The lowest BCUT2D eigenvalue weighted by Gasteiger charge is -2.04. The second kappa shape index (κ2) is 7.79. The molecule has 4 rings (SSSR count). The number of aryl methyl sites for hydroxylation is 1. The molecule has 4 aromatic rings. The summed E-state index contributed by atoms with van der Waals surface area (Å²) >= 11 is 4.47. The lowest BCUT2D eigenvalue weighted by molar-refractivity contribution is -0.118. The molecule has 0 atom stereocenters. The lowest BCUT2D eigenvalue weighted by Crippen LogP contribution is -2.28. The van der Waals surface area contributed by atoms with Crippen molar-refractivity contribution in [3.63, 3.8) is 0 Å². The number of nitrogens with one attached hydrogen (secondary N) is 1. The molecule has 1 amide bonds. The minimum absolute atomic E-state index is 0.0416. The molecule has 0 saturated heterocycles. The van der Waals surface area contributed by atoms with Crippen LogP contribution in [0.25, 0.3) is 15.2 Å². The zero-order valence-corrected chi connectivity index (χ0v) is 16.9. The number of fused-ring (bicyclic) bond motifs is 2. The molecule has 3 heterocycles. The number of carbonyl (C=O) groups is 1. The largest absolute Gasteiger partial charge is 0.355 e. The minimum atomic E-state index is -0.0773. The van der Waals surface area contributed by atoms with Gasteiger partial charge in [0, 0.05) is 35.8 Å². The van der Waals surface area contributed by atoms with Crippen LogP contribution in [0.3, 0.4) is 0 Å². The van der Waals surface area contributed by atoms with Crippen LogP contribution in [0.1, 0.15) is 11.4 Å². The molecular formula is C18H16N4O2S3. The third kappa shape index (κ3) is 4.05. The van der Waals surface area contributed by atoms with Gasteiger partial charge in [-0.2, -0.15) is 0 Å². The second-order valence-corrected chi connectivity index (χ2v) is 9.01. The molecule has 0 aliphatic rings. The summed E-state index contributed by atoms with van der Waals surface area (Å²) in [5.41, 5.74) is 2.47. The Hall–Kier alpha value is -2.23. The van der Waals surface area contributed by atoms with Gasteiger partial charge in [0.1, 0.15) is 0 Å². The van der Waals surface area contributed by atoms with E-state index in [9.17, 15) is 9.59 Å². The molecule has 0 spiro atoms. The zero-order chi connectivity index (χ0) is 18.8. The number of nitrogens with zero attached hydrogens (tertiary/aromatic N) is 3. The van der Waals surface area contributed by atoms with Crippen LogP contribution < -0.4 is 10.9 Å². The van der Waals surface area contributed by atoms with Crippen LogP contribution in [-0.2, 0) is 11.2 Å². The van der Waals surface area contributed by atoms with Crippen LogP contribution in [0.15, 0.2) is 44.8 Å². The number of amides is 1. The van der Waals surface area contributed by atoms with E-state index in [4.69, 9.17) is 0 Å². The van der Waals surface area contributed by atoms with E-state index in [1.165, 1.54) is 29.2 Å². The summed E-state index contributed by atoms with van der Waals surface area (Å²) < 4.78 is 3.63. The van der Waals surface area contributed by atoms with Crippen molar-refractivity contribution in [3.8, 4) is 0 Å². The van der Waals surface area contributed by atoms with Crippen molar-refractivity contribution in [2.75, 3.05) is 12.3 Å². The quantitative estimate of drug-likeness (QED) is 0.489. The number of carbonyl (C=O) groups excluding carboxylic acids is 1. The van der Waals surface area contributed by atoms with Gasteiger partial charge in [-0.3, -0.25) is 14.0 Å². The number of hydrogen-bond acceptors (Lipinski definition) is 7. The molecule has 6 nitrogen and oxygen atoms in total. The van der Waals surface area contributed by atoms with Gasteiger partial charge in [0.2, 0.25) is 5.91 Å². The van der Waals surface area contributed by atoms with E-state index in [1.807, 2.05) is 36.6 Å². The maximum absolute atomic E-state index is 12.1. The Balaban J connectivity index is 1.31. The maximum atomic E-state index is 12.1. The van der Waals surface area contributed by atoms with Crippen molar-refractivity contribution in [3.05, 3.63) is 57.5 Å². The summed E-state index contributed by atoms with van der Waals surface area (Å²) in [5.74, 6) is 0.283. The number of hydrogen-bond donors (Lipinski definition) is 1. The first-order valence-corrected chi connectivity index (χ1v) is 11.0. The molecular weight excluding hydrogens is 400 g/mol. The zero-order valence-electron chi connectivity index (χ0n) is 14.5. The van der Waals surface area contributed by atoms with Gasteiger partial charge in [-0.1, -0.05) is 23.9 Å². The molecule has 27 heavy (non-hydrogen) atoms. The molecule has 1 N–H and O–H groups in total. The number of aromatic nitrogens is 3. The first-order valence-electron chi connectivity index (χ1n) is 8.32. The summed E-state index contributed by atoms with van der Waals surface area (Å²) in [6.45, 7) is 2.29. The van der Waals surface area contributed by atoms with E-state index >= 15 is 0 Å². The van der Waals surface area contributed by atoms with Gasteiger partial charge >= 0.3 is 0 Å². The molecule has 0 radical (unpaired) electrons. The van der Waals surface area contributed by atoms with Crippen molar-refractivity contribution in [1.82, 2.24) is 19.7 Å². The van der Waals surface area contributed by atoms with Gasteiger partial charge in [-0.05, 0) is 19.1 Å². The Morgan fingerprint density at radius 1 is 1.30 bits per heavy atom. The highest BCUT2D eigenvalue weighted by molar-refractivity contribution is 8.01. The van der Waals surface area contributed by atoms with Crippen LogP contribution in [0.2, 0.25) is 0 Å². The second-order valence-electron chi connectivity index (χ2n) is 5.92. The smallest absolute Gasteiger partial charge is 0.258 e. The molecule has 0 aliphatic carbocycles. The fourth-order valence-corrected chi connectivity index (χ4v) is 5.55. The predicted octanol–water partition coefficient (Wildman–Crippen LogP) is 3.13. The molecule has 138 valence electrons. The van der Waals surface area contributed by atoms with Crippen LogP contribution in [0.4, 0.5) is 0 Å². The fourth-order valence-electron chi connectivity index (χ4n) is 2.68. The van der Waals surface area contributed by atoms with E-state index in [0.717, 1.165) is 20.3 Å². The van der Waals surface area contributed by atoms with Crippen LogP contribution in [0.5, 0.6) is 0 Å². The topological polar surface area (TPSA) is 76.4 Å². The number of rotatable bonds is 6.